The number of alkyl carbamates (subject to hydrolysis) is 1. The minimum Gasteiger partial charge on any atom is -0.481 e. The van der Waals surface area contributed by atoms with Crippen LogP contribution in [0.1, 0.15) is 33.6 Å². The molecule has 0 spiro atoms. The Bertz CT molecular complexity index is 269. The lowest BCUT2D eigenvalue weighted by Gasteiger charge is -2.22. The molecule has 0 aliphatic carbocycles. The summed E-state index contributed by atoms with van der Waals surface area (Å²) >= 11 is 0. The van der Waals surface area contributed by atoms with Crippen molar-refractivity contribution in [1.29, 1.82) is 0 Å². The first kappa shape index (κ1) is 14.4. The van der Waals surface area contributed by atoms with Crippen molar-refractivity contribution >= 4 is 18.3 Å². The molecule has 0 bridgehead atoms. The molecule has 16 heavy (non-hydrogen) atoms. The average Bonchev–Trinajstić information content (AvgIpc) is 1.98. The average molecular weight is 231 g/mol. The Balaban J connectivity index is 4.22. The van der Waals surface area contributed by atoms with Crippen LogP contribution in [0.5, 0.6) is 0 Å². The summed E-state index contributed by atoms with van der Waals surface area (Å²) < 4.78 is 4.94. The van der Waals surface area contributed by atoms with E-state index in [1.165, 1.54) is 0 Å². The number of hydrogen-bond donors (Lipinski definition) is 2. The van der Waals surface area contributed by atoms with Crippen LogP contribution in [0.4, 0.5) is 4.79 Å². The van der Waals surface area contributed by atoms with E-state index < -0.39 is 23.7 Å². The summed E-state index contributed by atoms with van der Waals surface area (Å²) in [6, 6.07) is -0.732. The molecule has 0 aromatic rings. The highest BCUT2D eigenvalue weighted by Gasteiger charge is 2.20. The first-order chi connectivity index (χ1) is 7.24. The third-order valence-electron chi connectivity index (χ3n) is 1.52. The van der Waals surface area contributed by atoms with Crippen molar-refractivity contribution in [1.82, 2.24) is 5.32 Å². The van der Waals surface area contributed by atoms with Crippen molar-refractivity contribution in [3.8, 4) is 0 Å². The predicted molar refractivity (Wildman–Crippen MR) is 56.1 cm³/mol. The molecule has 2 N–H and O–H groups in total. The number of carbonyl (C=O) groups excluding carboxylic acids is 2. The van der Waals surface area contributed by atoms with E-state index in [2.05, 4.69) is 5.32 Å². The highest BCUT2D eigenvalue weighted by Crippen LogP contribution is 2.07. The van der Waals surface area contributed by atoms with Crippen molar-refractivity contribution < 1.29 is 24.2 Å². The Kier molecular flexibility index (Phi) is 5.49. The van der Waals surface area contributed by atoms with E-state index in [9.17, 15) is 14.4 Å². The zero-order valence-corrected chi connectivity index (χ0v) is 9.65. The van der Waals surface area contributed by atoms with Gasteiger partial charge >= 0.3 is 12.1 Å². The second-order valence-electron chi connectivity index (χ2n) is 4.34. The van der Waals surface area contributed by atoms with E-state index in [1.807, 2.05) is 0 Å². The second-order valence-corrected chi connectivity index (χ2v) is 4.34. The van der Waals surface area contributed by atoms with Crippen LogP contribution < -0.4 is 5.32 Å². The Labute approximate surface area is 94.0 Å². The van der Waals surface area contributed by atoms with Gasteiger partial charge in [-0.3, -0.25) is 4.79 Å². The Morgan fingerprint density at radius 1 is 1.44 bits per heavy atom. The minimum atomic E-state index is -1.08. The molecule has 6 heteroatoms. The Morgan fingerprint density at radius 3 is 2.38 bits per heavy atom. The number of ether oxygens (including phenoxy) is 1. The van der Waals surface area contributed by atoms with Gasteiger partial charge in [0.15, 0.2) is 0 Å². The topological polar surface area (TPSA) is 92.7 Å². The Morgan fingerprint density at radius 2 is 2.00 bits per heavy atom. The first-order valence-corrected chi connectivity index (χ1v) is 4.89. The number of rotatable bonds is 5. The molecule has 1 unspecified atom stereocenters. The van der Waals surface area contributed by atoms with E-state index in [-0.39, 0.29) is 12.8 Å². The zero-order valence-electron chi connectivity index (χ0n) is 9.65. The maximum absolute atomic E-state index is 11.3. The summed E-state index contributed by atoms with van der Waals surface area (Å²) in [6.07, 6.45) is -0.519. The number of hydrogen-bond acceptors (Lipinski definition) is 4. The van der Waals surface area contributed by atoms with E-state index >= 15 is 0 Å². The number of carboxylic acids is 1. The summed E-state index contributed by atoms with van der Waals surface area (Å²) in [5.74, 6) is -1.08. The van der Waals surface area contributed by atoms with Gasteiger partial charge in [-0.25, -0.2) is 4.79 Å². The van der Waals surface area contributed by atoms with E-state index in [0.717, 1.165) is 0 Å². The van der Waals surface area contributed by atoms with E-state index in [0.29, 0.717) is 6.29 Å². The van der Waals surface area contributed by atoms with Gasteiger partial charge in [0, 0.05) is 12.5 Å². The molecule has 0 aliphatic heterocycles. The number of aldehydes is 1. The maximum Gasteiger partial charge on any atom is 0.407 e. The number of carboxylic acid groups (broad SMARTS) is 1. The SMILES string of the molecule is CC(C)(C)OC(=O)NC(CC=O)CC(=O)O. The number of nitrogens with one attached hydrogen (secondary N) is 1. The van der Waals surface area contributed by atoms with Crippen LogP contribution in [0.25, 0.3) is 0 Å². The molecule has 0 radical (unpaired) electrons. The highest BCUT2D eigenvalue weighted by atomic mass is 16.6. The largest absolute Gasteiger partial charge is 0.481 e. The monoisotopic (exact) mass is 231 g/mol. The standard InChI is InChI=1S/C10H17NO5/c1-10(2,3)16-9(15)11-7(4-5-12)6-8(13)14/h5,7H,4,6H2,1-3H3,(H,11,15)(H,13,14). The molecule has 0 rings (SSSR count). The predicted octanol–water partition coefficient (Wildman–Crippen LogP) is 0.943. The molecule has 0 saturated heterocycles. The fourth-order valence-corrected chi connectivity index (χ4v) is 0.994. The van der Waals surface area contributed by atoms with E-state index in [1.54, 1.807) is 20.8 Å². The van der Waals surface area contributed by atoms with E-state index in [4.69, 9.17) is 9.84 Å². The normalized spacial score (nSPS) is 12.7. The summed E-state index contributed by atoms with van der Waals surface area (Å²) in [7, 11) is 0. The molecule has 0 saturated carbocycles. The van der Waals surface area contributed by atoms with Crippen LogP contribution >= 0.6 is 0 Å². The maximum atomic E-state index is 11.3. The molecular formula is C10H17NO5. The molecular weight excluding hydrogens is 214 g/mol. The number of amides is 1. The van der Waals surface area contributed by atoms with Gasteiger partial charge in [0.05, 0.1) is 6.42 Å². The van der Waals surface area contributed by atoms with Crippen LogP contribution in [0.2, 0.25) is 0 Å². The second kappa shape index (κ2) is 6.09. The molecule has 92 valence electrons. The van der Waals surface area contributed by atoms with Crippen LogP contribution in [0.15, 0.2) is 0 Å². The van der Waals surface area contributed by atoms with Gasteiger partial charge in [-0.2, -0.15) is 0 Å². The molecule has 0 fully saturated rings. The van der Waals surface area contributed by atoms with Gasteiger partial charge in [0.2, 0.25) is 0 Å². The summed E-state index contributed by atoms with van der Waals surface area (Å²) in [5, 5.41) is 10.9. The lowest BCUT2D eigenvalue weighted by Crippen LogP contribution is -2.40. The van der Waals surface area contributed by atoms with Gasteiger partial charge in [-0.05, 0) is 20.8 Å². The van der Waals surface area contributed by atoms with Crippen molar-refractivity contribution in [2.24, 2.45) is 0 Å². The first-order valence-electron chi connectivity index (χ1n) is 4.89. The van der Waals surface area contributed by atoms with Crippen LogP contribution in [0, 0.1) is 0 Å². The molecule has 1 atom stereocenters. The molecule has 1 amide bonds. The van der Waals surface area contributed by atoms with Gasteiger partial charge in [-0.15, -0.1) is 0 Å². The van der Waals surface area contributed by atoms with Gasteiger partial charge in [-0.1, -0.05) is 0 Å². The molecule has 6 nitrogen and oxygen atoms in total. The summed E-state index contributed by atoms with van der Waals surface area (Å²) in [6.45, 7) is 5.08. The minimum absolute atomic E-state index is 0.0501. The molecule has 0 aromatic carbocycles. The molecule has 0 aliphatic rings. The Hall–Kier alpha value is -1.59. The van der Waals surface area contributed by atoms with Crippen molar-refractivity contribution in [2.75, 3.05) is 0 Å². The van der Waals surface area contributed by atoms with Crippen LogP contribution in [-0.4, -0.2) is 35.1 Å². The highest BCUT2D eigenvalue weighted by molar-refractivity contribution is 5.72. The lowest BCUT2D eigenvalue weighted by atomic mass is 10.1. The lowest BCUT2D eigenvalue weighted by molar-refractivity contribution is -0.137. The van der Waals surface area contributed by atoms with Crippen LogP contribution in [0.3, 0.4) is 0 Å². The quantitative estimate of drug-likeness (QED) is 0.687. The summed E-state index contributed by atoms with van der Waals surface area (Å²) in [4.78, 5) is 32.0. The molecule has 0 aromatic heterocycles. The third-order valence-corrected chi connectivity index (χ3v) is 1.52. The molecule has 0 heterocycles. The smallest absolute Gasteiger partial charge is 0.407 e. The van der Waals surface area contributed by atoms with Crippen LogP contribution in [-0.2, 0) is 14.3 Å². The number of aliphatic carboxylic acids is 1. The van der Waals surface area contributed by atoms with Crippen molar-refractivity contribution in [2.45, 2.75) is 45.3 Å². The third kappa shape index (κ3) is 7.78. The van der Waals surface area contributed by atoms with Gasteiger partial charge < -0.3 is 20.0 Å². The zero-order chi connectivity index (χ0) is 12.8. The summed E-state index contributed by atoms with van der Waals surface area (Å²) in [5.41, 5.74) is -0.654. The van der Waals surface area contributed by atoms with Gasteiger partial charge in [0.1, 0.15) is 11.9 Å². The van der Waals surface area contributed by atoms with Gasteiger partial charge in [0.25, 0.3) is 0 Å². The number of carbonyl (C=O) groups is 3. The van der Waals surface area contributed by atoms with Crippen molar-refractivity contribution in [3.05, 3.63) is 0 Å². The fraction of sp³-hybridized carbons (Fsp3) is 0.700. The van der Waals surface area contributed by atoms with Crippen molar-refractivity contribution in [3.63, 3.8) is 0 Å². The fourth-order valence-electron chi connectivity index (χ4n) is 0.994.